The number of hydroxylamine groups is 2. The van der Waals surface area contributed by atoms with Gasteiger partial charge in [-0.2, -0.15) is 20.3 Å². The van der Waals surface area contributed by atoms with Crippen molar-refractivity contribution in [2.75, 3.05) is 6.54 Å². The maximum absolute atomic E-state index is 11.9. The van der Waals surface area contributed by atoms with Gasteiger partial charge in [0.05, 0.1) is 12.6 Å². The van der Waals surface area contributed by atoms with Crippen molar-refractivity contribution in [1.29, 1.82) is 0 Å². The van der Waals surface area contributed by atoms with E-state index in [1.165, 1.54) is 9.96 Å². The normalized spacial score (nSPS) is 28.1. The zero-order valence-electron chi connectivity index (χ0n) is 8.72. The number of hydrogen-bond acceptors (Lipinski definition) is 3. The molecule has 0 aliphatic carbocycles. The lowest BCUT2D eigenvalue weighted by molar-refractivity contribution is -0.121. The molecule has 16 heavy (non-hydrogen) atoms. The zero-order valence-corrected chi connectivity index (χ0v) is 12.3. The van der Waals surface area contributed by atoms with Gasteiger partial charge in [0.2, 0.25) is 5.91 Å². The van der Waals surface area contributed by atoms with Crippen LogP contribution < -0.4 is 5.73 Å². The Hall–Kier alpha value is -0.298. The van der Waals surface area contributed by atoms with Crippen LogP contribution in [0.25, 0.3) is 0 Å². The van der Waals surface area contributed by atoms with Gasteiger partial charge < -0.3 is 14.5 Å². The van der Waals surface area contributed by atoms with Gasteiger partial charge >= 0.3 is 18.3 Å². The number of nitrogens with two attached hydrogens (primary N) is 1. The van der Waals surface area contributed by atoms with Crippen LogP contribution in [0.4, 0.5) is 4.79 Å². The van der Waals surface area contributed by atoms with Crippen molar-refractivity contribution >= 4 is 44.5 Å². The van der Waals surface area contributed by atoms with E-state index < -0.39 is 24.2 Å². The number of halogens is 1. The van der Waals surface area contributed by atoms with Crippen LogP contribution in [0.5, 0.6) is 0 Å². The second-order valence-corrected chi connectivity index (χ2v) is 6.13. The Morgan fingerprint density at radius 3 is 3.00 bits per heavy atom. The Labute approximate surface area is 110 Å². The Kier molecular flexibility index (Phi) is 3.44. The molecule has 2 bridgehead atoms. The molecular weight excluding hydrogens is 340 g/mol. The number of carbonyl (C=O) groups excluding carboxylic acids is 2. The van der Waals surface area contributed by atoms with E-state index in [0.29, 0.717) is 6.54 Å². The van der Waals surface area contributed by atoms with Crippen LogP contribution in [-0.4, -0.2) is 52.8 Å². The lowest BCUT2D eigenvalue weighted by atomic mass is 10.0. The molecule has 3 amide bonds. The van der Waals surface area contributed by atoms with Crippen LogP contribution in [-0.2, 0) is 8.68 Å². The van der Waals surface area contributed by atoms with Crippen LogP contribution in [0, 0.1) is 0 Å². The van der Waals surface area contributed by atoms with E-state index in [4.69, 9.17) is 9.62 Å². The van der Waals surface area contributed by atoms with Gasteiger partial charge in [0.25, 0.3) is 0 Å². The van der Waals surface area contributed by atoms with Gasteiger partial charge in [0.1, 0.15) is 6.04 Å². The highest BCUT2D eigenvalue weighted by Crippen LogP contribution is 2.29. The molecule has 2 aliphatic heterocycles. The number of rotatable bonds is 3. The van der Waals surface area contributed by atoms with Crippen molar-refractivity contribution in [3.63, 3.8) is 0 Å². The van der Waals surface area contributed by atoms with Gasteiger partial charge in [-0.05, 0) is 12.5 Å². The summed E-state index contributed by atoms with van der Waals surface area (Å²) in [5, 5.41) is 1.37. The SMILES string of the molecule is CC1=C[C@@H]2CN(C(=O)N2[O][AlH][I])[C@@H]1C(N)=O. The molecule has 2 aliphatic rings. The first-order valence-corrected chi connectivity index (χ1v) is 10.5. The minimum absolute atomic E-state index is 0.0784. The number of primary amides is 1. The van der Waals surface area contributed by atoms with Gasteiger partial charge in [-0.25, -0.2) is 9.86 Å². The zero-order chi connectivity index (χ0) is 11.9. The van der Waals surface area contributed by atoms with Crippen LogP contribution in [0.2, 0.25) is 0 Å². The molecule has 8 heteroatoms. The molecule has 0 aromatic heterocycles. The third kappa shape index (κ3) is 1.84. The van der Waals surface area contributed by atoms with E-state index in [0.717, 1.165) is 5.57 Å². The Balaban J connectivity index is 2.29. The standard InChI is InChI=1S/C8H10N3O3.Al.HI.H/c1-4-2-5-3-10(6(4)7(9)12)8(13)11(5)14;;;/h2,5-6H,3H2,1H3,(H2,9,12);;1H;/q-1;+2;;/p-1/t5-,6+;;;/m1.../s1. The number of hydrogen-bond donors (Lipinski definition) is 1. The fourth-order valence-corrected chi connectivity index (χ4v) is 3.49. The molecule has 0 aromatic carbocycles. The van der Waals surface area contributed by atoms with Crippen molar-refractivity contribution in [2.24, 2.45) is 5.73 Å². The van der Waals surface area contributed by atoms with Crippen LogP contribution in [0.1, 0.15) is 6.92 Å². The molecule has 0 radical (unpaired) electrons. The van der Waals surface area contributed by atoms with Crippen molar-refractivity contribution < 1.29 is 13.5 Å². The minimum atomic E-state index is -0.733. The van der Waals surface area contributed by atoms with Crippen LogP contribution in [0.15, 0.2) is 11.6 Å². The summed E-state index contributed by atoms with van der Waals surface area (Å²) >= 11 is 1.42. The average Bonchev–Trinajstić information content (AvgIpc) is 2.43. The summed E-state index contributed by atoms with van der Waals surface area (Å²) in [6.07, 6.45) is 1.89. The summed E-state index contributed by atoms with van der Waals surface area (Å²) in [6, 6.07) is -0.954. The minimum Gasteiger partial charge on any atom is -0.387 e. The first kappa shape index (κ1) is 12.2. The number of nitrogens with zero attached hydrogens (tertiary/aromatic N) is 2. The molecule has 0 aromatic rings. The Morgan fingerprint density at radius 1 is 1.75 bits per heavy atom. The largest absolute Gasteiger partial charge is 0.557 e. The first-order valence-electron chi connectivity index (χ1n) is 4.82. The second-order valence-electron chi connectivity index (χ2n) is 3.78. The monoisotopic (exact) mass is 351 g/mol. The molecule has 6 nitrogen and oxygen atoms in total. The maximum atomic E-state index is 11.9. The third-order valence-electron chi connectivity index (χ3n) is 2.77. The molecule has 2 rings (SSSR count). The maximum Gasteiger partial charge on any atom is 0.557 e. The summed E-state index contributed by atoms with van der Waals surface area (Å²) in [5.41, 5.74) is 6.12. The molecule has 1 fully saturated rings. The van der Waals surface area contributed by atoms with Gasteiger partial charge in [0.15, 0.2) is 0 Å². The van der Waals surface area contributed by atoms with E-state index in [1.54, 1.807) is 0 Å². The van der Waals surface area contributed by atoms with Crippen molar-refractivity contribution in [1.82, 2.24) is 9.96 Å². The Morgan fingerprint density at radius 2 is 2.44 bits per heavy atom. The molecule has 0 spiro atoms. The lowest BCUT2D eigenvalue weighted by Crippen LogP contribution is -2.48. The summed E-state index contributed by atoms with van der Waals surface area (Å²) in [5.74, 6) is -0.492. The molecule has 0 unspecified atom stereocenters. The highest BCUT2D eigenvalue weighted by Gasteiger charge is 2.46. The number of amides is 3. The van der Waals surface area contributed by atoms with Gasteiger partial charge in [0, 0.05) is 0 Å². The summed E-state index contributed by atoms with van der Waals surface area (Å²) in [4.78, 5) is 24.7. The van der Waals surface area contributed by atoms with E-state index in [1.807, 2.05) is 13.0 Å². The van der Waals surface area contributed by atoms with Crippen molar-refractivity contribution in [3.05, 3.63) is 11.6 Å². The highest BCUT2D eigenvalue weighted by atomic mass is 127. The second kappa shape index (κ2) is 4.52. The first-order chi connectivity index (χ1) is 7.56. The van der Waals surface area contributed by atoms with E-state index in [9.17, 15) is 9.59 Å². The molecule has 1 saturated heterocycles. The summed E-state index contributed by atoms with van der Waals surface area (Å²) in [7, 11) is 0. The fraction of sp³-hybridized carbons (Fsp3) is 0.500. The molecule has 86 valence electrons. The predicted molar refractivity (Wildman–Crippen MR) is 66.7 cm³/mol. The lowest BCUT2D eigenvalue weighted by Gasteiger charge is -2.27. The molecule has 0 saturated carbocycles. The Bertz CT molecular complexity index is 376. The smallest absolute Gasteiger partial charge is 0.387 e. The third-order valence-corrected chi connectivity index (χ3v) is 3.99. The van der Waals surface area contributed by atoms with Crippen molar-refractivity contribution in [3.8, 4) is 0 Å². The molecule has 2 heterocycles. The summed E-state index contributed by atoms with van der Waals surface area (Å²) < 4.78 is 5.38. The van der Waals surface area contributed by atoms with Gasteiger partial charge in [-0.3, -0.25) is 4.79 Å². The van der Waals surface area contributed by atoms with E-state index in [-0.39, 0.29) is 12.1 Å². The number of fused-ring (bicyclic) bond motifs is 2. The quantitative estimate of drug-likeness (QED) is 0.425. The number of urea groups is 1. The fourth-order valence-electron chi connectivity index (χ4n) is 2.18. The summed E-state index contributed by atoms with van der Waals surface area (Å²) in [6.45, 7) is 2.29. The van der Waals surface area contributed by atoms with Gasteiger partial charge in [-0.1, -0.05) is 6.08 Å². The molecule has 2 N–H and O–H groups in total. The molecule has 2 atom stereocenters. The predicted octanol–water partition coefficient (Wildman–Crippen LogP) is -0.460. The topological polar surface area (TPSA) is 75.9 Å². The molecular formula is C8H11AlIN3O3. The highest BCUT2D eigenvalue weighted by molar-refractivity contribution is 14.1. The number of carbonyl (C=O) groups is 2. The van der Waals surface area contributed by atoms with Crippen LogP contribution >= 0.6 is 20.3 Å². The van der Waals surface area contributed by atoms with Gasteiger partial charge in [-0.15, -0.1) is 0 Å². The van der Waals surface area contributed by atoms with Crippen LogP contribution in [0.3, 0.4) is 0 Å². The van der Waals surface area contributed by atoms with E-state index >= 15 is 0 Å². The average molecular weight is 351 g/mol. The van der Waals surface area contributed by atoms with E-state index in [2.05, 4.69) is 20.3 Å². The van der Waals surface area contributed by atoms with Crippen molar-refractivity contribution in [2.45, 2.75) is 19.0 Å².